The van der Waals surface area contributed by atoms with Gasteiger partial charge in [0.2, 0.25) is 0 Å². The zero-order valence-electron chi connectivity index (χ0n) is 22.1. The minimum absolute atomic E-state index is 0.120. The SMILES string of the molecule is CC1CN(c2ccc(C#N)c3ncccc23)CC(CN2CCN(c3ccccc3C3CNCCO3)CC2)O1. The van der Waals surface area contributed by atoms with E-state index in [2.05, 4.69) is 74.4 Å². The number of fused-ring (bicyclic) bond motifs is 1. The highest BCUT2D eigenvalue weighted by Crippen LogP contribution is 2.32. The molecule has 1 aromatic heterocycles. The third kappa shape index (κ3) is 5.20. The molecule has 3 unspecified atom stereocenters. The lowest BCUT2D eigenvalue weighted by atomic mass is 10.0. The molecule has 0 bridgehead atoms. The number of piperazine rings is 1. The van der Waals surface area contributed by atoms with Gasteiger partial charge < -0.3 is 24.6 Å². The molecule has 3 aliphatic rings. The van der Waals surface area contributed by atoms with Gasteiger partial charge in [0.1, 0.15) is 6.07 Å². The molecule has 3 fully saturated rings. The van der Waals surface area contributed by atoms with Gasteiger partial charge in [-0.3, -0.25) is 9.88 Å². The summed E-state index contributed by atoms with van der Waals surface area (Å²) in [5.74, 6) is 0. The zero-order chi connectivity index (χ0) is 25.9. The molecule has 0 aliphatic carbocycles. The maximum Gasteiger partial charge on any atom is 0.101 e. The monoisotopic (exact) mass is 512 g/mol. The Hall–Kier alpha value is -3.22. The highest BCUT2D eigenvalue weighted by molar-refractivity contribution is 5.95. The average molecular weight is 513 g/mol. The lowest BCUT2D eigenvalue weighted by Gasteiger charge is -2.43. The molecule has 1 N–H and O–H groups in total. The van der Waals surface area contributed by atoms with E-state index in [4.69, 9.17) is 9.47 Å². The largest absolute Gasteiger partial charge is 0.371 e. The fraction of sp³-hybridized carbons (Fsp3) is 0.467. The van der Waals surface area contributed by atoms with E-state index in [9.17, 15) is 5.26 Å². The Bertz CT molecular complexity index is 1300. The number of aromatic nitrogens is 1. The molecule has 198 valence electrons. The number of hydrogen-bond donors (Lipinski definition) is 1. The predicted molar refractivity (Wildman–Crippen MR) is 150 cm³/mol. The van der Waals surface area contributed by atoms with E-state index in [1.54, 1.807) is 6.20 Å². The van der Waals surface area contributed by atoms with Crippen molar-refractivity contribution in [2.45, 2.75) is 25.2 Å². The van der Waals surface area contributed by atoms with E-state index >= 15 is 0 Å². The molecule has 3 aromatic rings. The van der Waals surface area contributed by atoms with Crippen molar-refractivity contribution in [3.05, 3.63) is 65.9 Å². The predicted octanol–water partition coefficient (Wildman–Crippen LogP) is 3.18. The van der Waals surface area contributed by atoms with Crippen molar-refractivity contribution in [1.29, 1.82) is 5.26 Å². The third-order valence-corrected chi connectivity index (χ3v) is 7.92. The number of anilines is 2. The van der Waals surface area contributed by atoms with Crippen LogP contribution in [0, 0.1) is 11.3 Å². The molecule has 3 saturated heterocycles. The quantitative estimate of drug-likeness (QED) is 0.559. The van der Waals surface area contributed by atoms with Crippen LogP contribution in [0.4, 0.5) is 11.4 Å². The number of morpholine rings is 2. The summed E-state index contributed by atoms with van der Waals surface area (Å²) >= 11 is 0. The highest BCUT2D eigenvalue weighted by atomic mass is 16.5. The average Bonchev–Trinajstić information content (AvgIpc) is 2.97. The smallest absolute Gasteiger partial charge is 0.101 e. The van der Waals surface area contributed by atoms with Gasteiger partial charge in [-0.1, -0.05) is 18.2 Å². The van der Waals surface area contributed by atoms with Gasteiger partial charge in [-0.2, -0.15) is 5.26 Å². The Balaban J connectivity index is 1.11. The number of nitrogens with one attached hydrogen (secondary N) is 1. The summed E-state index contributed by atoms with van der Waals surface area (Å²) in [6.45, 7) is 11.3. The summed E-state index contributed by atoms with van der Waals surface area (Å²) in [5, 5.41) is 14.0. The van der Waals surface area contributed by atoms with Gasteiger partial charge >= 0.3 is 0 Å². The molecule has 0 amide bonds. The van der Waals surface area contributed by atoms with Crippen LogP contribution in [0.1, 0.15) is 24.2 Å². The topological polar surface area (TPSA) is 76.9 Å². The second-order valence-corrected chi connectivity index (χ2v) is 10.5. The molecule has 0 saturated carbocycles. The number of nitrogens with zero attached hydrogens (tertiary/aromatic N) is 5. The molecule has 8 heteroatoms. The van der Waals surface area contributed by atoms with Crippen LogP contribution in [-0.2, 0) is 9.47 Å². The lowest BCUT2D eigenvalue weighted by Crippen LogP contribution is -2.54. The van der Waals surface area contributed by atoms with E-state index < -0.39 is 0 Å². The molecular formula is C30H36N6O2. The van der Waals surface area contributed by atoms with Crippen molar-refractivity contribution in [1.82, 2.24) is 15.2 Å². The van der Waals surface area contributed by atoms with Gasteiger partial charge in [0.05, 0.1) is 36.0 Å². The second-order valence-electron chi connectivity index (χ2n) is 10.5. The molecule has 0 radical (unpaired) electrons. The Morgan fingerprint density at radius 2 is 1.87 bits per heavy atom. The van der Waals surface area contributed by atoms with Crippen molar-refractivity contribution >= 4 is 22.3 Å². The Morgan fingerprint density at radius 3 is 2.68 bits per heavy atom. The van der Waals surface area contributed by atoms with Crippen LogP contribution in [0.15, 0.2) is 54.7 Å². The summed E-state index contributed by atoms with van der Waals surface area (Å²) in [6.07, 6.45) is 2.14. The van der Waals surface area contributed by atoms with Crippen molar-refractivity contribution in [3.8, 4) is 6.07 Å². The first-order valence-corrected chi connectivity index (χ1v) is 13.8. The van der Waals surface area contributed by atoms with E-state index in [0.29, 0.717) is 5.56 Å². The molecule has 4 heterocycles. The summed E-state index contributed by atoms with van der Waals surface area (Å²) in [4.78, 5) is 12.0. The molecule has 3 atom stereocenters. The van der Waals surface area contributed by atoms with Crippen molar-refractivity contribution in [2.24, 2.45) is 0 Å². The van der Waals surface area contributed by atoms with E-state index in [-0.39, 0.29) is 18.3 Å². The van der Waals surface area contributed by atoms with E-state index in [1.165, 1.54) is 11.3 Å². The van der Waals surface area contributed by atoms with Gasteiger partial charge in [0, 0.05) is 87.4 Å². The van der Waals surface area contributed by atoms with Crippen LogP contribution in [0.2, 0.25) is 0 Å². The minimum Gasteiger partial charge on any atom is -0.371 e. The minimum atomic E-state index is 0.120. The van der Waals surface area contributed by atoms with Gasteiger partial charge in [0.25, 0.3) is 0 Å². The summed E-state index contributed by atoms with van der Waals surface area (Å²) in [7, 11) is 0. The van der Waals surface area contributed by atoms with Gasteiger partial charge in [-0.15, -0.1) is 0 Å². The van der Waals surface area contributed by atoms with Crippen molar-refractivity contribution in [3.63, 3.8) is 0 Å². The van der Waals surface area contributed by atoms with Gasteiger partial charge in [0.15, 0.2) is 0 Å². The molecule has 6 rings (SSSR count). The summed E-state index contributed by atoms with van der Waals surface area (Å²) in [6, 6.07) is 19.0. The molecule has 8 nitrogen and oxygen atoms in total. The number of pyridine rings is 1. The number of nitriles is 1. The van der Waals surface area contributed by atoms with Crippen LogP contribution in [0.3, 0.4) is 0 Å². The number of ether oxygens (including phenoxy) is 2. The number of hydrogen-bond acceptors (Lipinski definition) is 8. The standard InChI is InChI=1S/C30H36N6O2/c1-22-19-36(28-9-8-23(17-31)30-26(28)6-4-10-33-30)21-24(38-22)20-34-12-14-35(15-13-34)27-7-3-2-5-25(27)29-18-32-11-16-37-29/h2-10,22,24,29,32H,11-16,18-21H2,1H3. The van der Waals surface area contributed by atoms with Crippen molar-refractivity contribution in [2.75, 3.05) is 75.3 Å². The Morgan fingerprint density at radius 1 is 1.00 bits per heavy atom. The molecule has 3 aliphatic heterocycles. The first-order chi connectivity index (χ1) is 18.7. The van der Waals surface area contributed by atoms with Crippen LogP contribution in [-0.4, -0.2) is 87.6 Å². The third-order valence-electron chi connectivity index (χ3n) is 7.92. The summed E-state index contributed by atoms with van der Waals surface area (Å²) < 4.78 is 12.5. The first-order valence-electron chi connectivity index (χ1n) is 13.8. The molecular weight excluding hydrogens is 476 g/mol. The fourth-order valence-electron chi connectivity index (χ4n) is 6.14. The second kappa shape index (κ2) is 11.3. The van der Waals surface area contributed by atoms with Gasteiger partial charge in [-0.05, 0) is 37.3 Å². The Kier molecular flexibility index (Phi) is 7.43. The molecule has 0 spiro atoms. The lowest BCUT2D eigenvalue weighted by molar-refractivity contribution is -0.0327. The van der Waals surface area contributed by atoms with Crippen molar-refractivity contribution < 1.29 is 9.47 Å². The van der Waals surface area contributed by atoms with Crippen LogP contribution >= 0.6 is 0 Å². The molecule has 38 heavy (non-hydrogen) atoms. The van der Waals surface area contributed by atoms with E-state index in [0.717, 1.165) is 82.1 Å². The maximum absolute atomic E-state index is 9.53. The summed E-state index contributed by atoms with van der Waals surface area (Å²) in [5.41, 5.74) is 5.11. The van der Waals surface area contributed by atoms with Gasteiger partial charge in [-0.25, -0.2) is 0 Å². The number of benzene rings is 2. The van der Waals surface area contributed by atoms with Crippen LogP contribution in [0.25, 0.3) is 10.9 Å². The zero-order valence-corrected chi connectivity index (χ0v) is 22.1. The molecule has 2 aromatic carbocycles. The number of rotatable bonds is 5. The Labute approximate surface area is 224 Å². The van der Waals surface area contributed by atoms with Crippen LogP contribution in [0.5, 0.6) is 0 Å². The van der Waals surface area contributed by atoms with Crippen LogP contribution < -0.4 is 15.1 Å². The normalized spacial score (nSPS) is 24.9. The first kappa shape index (κ1) is 25.1. The fourth-order valence-corrected chi connectivity index (χ4v) is 6.14. The number of para-hydroxylation sites is 1. The van der Waals surface area contributed by atoms with E-state index in [1.807, 2.05) is 12.1 Å². The highest BCUT2D eigenvalue weighted by Gasteiger charge is 2.30. The maximum atomic E-state index is 9.53.